The Kier molecular flexibility index (Phi) is 5.60. The number of thioether (sulfide) groups is 1. The number of hydrogen-bond donors (Lipinski definition) is 1. The molecule has 2 N–H and O–H groups in total. The van der Waals surface area contributed by atoms with Crippen LogP contribution < -0.4 is 16.2 Å². The molecule has 1 saturated heterocycles. The summed E-state index contributed by atoms with van der Waals surface area (Å²) in [5, 5.41) is 0.811. The van der Waals surface area contributed by atoms with Crippen molar-refractivity contribution in [2.75, 3.05) is 11.4 Å². The van der Waals surface area contributed by atoms with Crippen molar-refractivity contribution < 1.29 is 0 Å². The van der Waals surface area contributed by atoms with Crippen LogP contribution in [0.25, 0.3) is 0 Å². The molecule has 1 aromatic heterocycles. The fraction of sp³-hybridized carbons (Fsp3) is 0.364. The largest absolute Gasteiger partial charge is 0.362 e. The van der Waals surface area contributed by atoms with E-state index in [4.69, 9.17) is 5.73 Å². The second-order valence-corrected chi connectivity index (χ2v) is 8.69. The lowest BCUT2D eigenvalue weighted by Crippen LogP contribution is -2.43. The summed E-state index contributed by atoms with van der Waals surface area (Å²) in [6.45, 7) is 1.43. The summed E-state index contributed by atoms with van der Waals surface area (Å²) in [4.78, 5) is 18.7. The van der Waals surface area contributed by atoms with Crippen molar-refractivity contribution in [1.29, 1.82) is 0 Å². The second kappa shape index (κ2) is 8.28. The third kappa shape index (κ3) is 4.09. The molecule has 27 heavy (non-hydrogen) atoms. The quantitative estimate of drug-likeness (QED) is 0.809. The van der Waals surface area contributed by atoms with Gasteiger partial charge in [-0.2, -0.15) is 0 Å². The zero-order chi connectivity index (χ0) is 18.6. The maximum absolute atomic E-state index is 12.6. The van der Waals surface area contributed by atoms with Crippen LogP contribution in [0.4, 0.5) is 5.69 Å². The molecule has 4 unspecified atom stereocenters. The predicted molar refractivity (Wildman–Crippen MR) is 113 cm³/mol. The first-order valence-electron chi connectivity index (χ1n) is 9.54. The number of benzene rings is 1. The summed E-state index contributed by atoms with van der Waals surface area (Å²) >= 11 is 1.96. The second-order valence-electron chi connectivity index (χ2n) is 7.27. The van der Waals surface area contributed by atoms with Gasteiger partial charge in [-0.25, -0.2) is 4.98 Å². The van der Waals surface area contributed by atoms with Gasteiger partial charge in [-0.1, -0.05) is 48.6 Å². The van der Waals surface area contributed by atoms with Gasteiger partial charge in [0.1, 0.15) is 5.69 Å². The van der Waals surface area contributed by atoms with Gasteiger partial charge in [0.05, 0.1) is 0 Å². The summed E-state index contributed by atoms with van der Waals surface area (Å²) < 4.78 is 0. The zero-order valence-electron chi connectivity index (χ0n) is 15.3. The van der Waals surface area contributed by atoms with E-state index in [0.717, 1.165) is 13.0 Å². The van der Waals surface area contributed by atoms with Crippen molar-refractivity contribution >= 4 is 17.4 Å². The molecule has 5 heteroatoms. The Morgan fingerprint density at radius 3 is 2.78 bits per heavy atom. The molecule has 4 nitrogen and oxygen atoms in total. The van der Waals surface area contributed by atoms with Crippen LogP contribution in [0.5, 0.6) is 0 Å². The third-order valence-electron chi connectivity index (χ3n) is 5.49. The highest BCUT2D eigenvalue weighted by Crippen LogP contribution is 2.43. The molecule has 0 radical (unpaired) electrons. The van der Waals surface area contributed by atoms with Crippen molar-refractivity contribution in [2.45, 2.75) is 35.9 Å². The molecule has 2 aromatic rings. The molecule has 2 heterocycles. The molecule has 1 aliphatic carbocycles. The highest BCUT2D eigenvalue weighted by atomic mass is 32.2. The zero-order valence-corrected chi connectivity index (χ0v) is 16.1. The Morgan fingerprint density at radius 1 is 1.15 bits per heavy atom. The first kappa shape index (κ1) is 18.3. The van der Waals surface area contributed by atoms with Crippen LogP contribution in [0, 0.1) is 5.92 Å². The molecule has 4 rings (SSSR count). The Labute approximate surface area is 164 Å². The van der Waals surface area contributed by atoms with Crippen LogP contribution >= 0.6 is 11.8 Å². The molecule has 0 spiro atoms. The number of nitrogens with two attached hydrogens (primary N) is 1. The molecule has 1 fully saturated rings. The van der Waals surface area contributed by atoms with Crippen LogP contribution in [0.15, 0.2) is 71.7 Å². The van der Waals surface area contributed by atoms with E-state index < -0.39 is 0 Å². The summed E-state index contributed by atoms with van der Waals surface area (Å²) in [6, 6.07) is 16.0. The fourth-order valence-electron chi connectivity index (χ4n) is 4.07. The molecule has 0 bridgehead atoms. The summed E-state index contributed by atoms with van der Waals surface area (Å²) in [7, 11) is 0. The first-order valence-corrected chi connectivity index (χ1v) is 10.5. The van der Waals surface area contributed by atoms with E-state index in [1.54, 1.807) is 12.3 Å². The number of nitrogens with zero attached hydrogens (tertiary/aromatic N) is 2. The van der Waals surface area contributed by atoms with Crippen LogP contribution in [0.2, 0.25) is 0 Å². The molecule has 140 valence electrons. The van der Waals surface area contributed by atoms with Crippen LogP contribution in [0.1, 0.15) is 18.4 Å². The number of fused-ring (bicyclic) bond motifs is 1. The highest BCUT2D eigenvalue weighted by Gasteiger charge is 2.41. The van der Waals surface area contributed by atoms with Gasteiger partial charge in [0.15, 0.2) is 0 Å². The highest BCUT2D eigenvalue weighted by molar-refractivity contribution is 8.01. The van der Waals surface area contributed by atoms with E-state index in [0.29, 0.717) is 28.6 Å². The minimum Gasteiger partial charge on any atom is -0.362 e. The van der Waals surface area contributed by atoms with Crippen LogP contribution in [0.3, 0.4) is 0 Å². The summed E-state index contributed by atoms with van der Waals surface area (Å²) in [5.41, 5.74) is 8.27. The predicted octanol–water partition coefficient (Wildman–Crippen LogP) is 3.23. The number of aromatic nitrogens is 1. The van der Waals surface area contributed by atoms with E-state index in [-0.39, 0.29) is 11.6 Å². The molecule has 1 aromatic carbocycles. The van der Waals surface area contributed by atoms with E-state index in [9.17, 15) is 4.79 Å². The van der Waals surface area contributed by atoms with Gasteiger partial charge in [-0.3, -0.25) is 4.79 Å². The molecule has 0 saturated carbocycles. The molecule has 2 aliphatic rings. The molecule has 4 atom stereocenters. The van der Waals surface area contributed by atoms with Crippen LogP contribution in [-0.4, -0.2) is 28.1 Å². The van der Waals surface area contributed by atoms with E-state index >= 15 is 0 Å². The Hall–Kier alpha value is -2.11. The van der Waals surface area contributed by atoms with Gasteiger partial charge in [0.2, 0.25) is 0 Å². The Balaban J connectivity index is 1.61. The normalized spacial score (nSPS) is 26.6. The van der Waals surface area contributed by atoms with Crippen molar-refractivity contribution in [3.63, 3.8) is 0 Å². The van der Waals surface area contributed by atoms with Gasteiger partial charge >= 0.3 is 0 Å². The van der Waals surface area contributed by atoms with Gasteiger partial charge in [0.25, 0.3) is 5.56 Å². The van der Waals surface area contributed by atoms with E-state index in [1.165, 1.54) is 12.0 Å². The Morgan fingerprint density at radius 2 is 1.96 bits per heavy atom. The molecular formula is C22H25N3OS. The van der Waals surface area contributed by atoms with Crippen molar-refractivity contribution in [1.82, 2.24) is 4.98 Å². The lowest BCUT2D eigenvalue weighted by atomic mass is 9.86. The van der Waals surface area contributed by atoms with E-state index in [2.05, 4.69) is 34.2 Å². The molecule has 0 amide bonds. The minimum atomic E-state index is -0.190. The third-order valence-corrected chi connectivity index (χ3v) is 7.12. The monoisotopic (exact) mass is 379 g/mol. The van der Waals surface area contributed by atoms with Crippen molar-refractivity contribution in [3.05, 3.63) is 82.8 Å². The lowest BCUT2D eigenvalue weighted by Gasteiger charge is -2.29. The average molecular weight is 380 g/mol. The summed E-state index contributed by atoms with van der Waals surface area (Å²) in [5.74, 6) is 0.542. The standard InChI is InChI=1S/C22H25N3OS/c23-21-17-10-4-5-12-19(17)27-20(21)15-25(14-16-8-2-1-3-9-16)18-11-6-7-13-24-22(18)26/h1-3,5-9,11-13,17,19-21H,4,10,14-15,23H2. The first-order chi connectivity index (χ1) is 13.2. The molecular weight excluding hydrogens is 354 g/mol. The topological polar surface area (TPSA) is 59.2 Å². The van der Waals surface area contributed by atoms with Gasteiger partial charge in [-0.15, -0.1) is 11.8 Å². The summed E-state index contributed by atoms with van der Waals surface area (Å²) in [6.07, 6.45) is 8.45. The van der Waals surface area contributed by atoms with E-state index in [1.807, 2.05) is 42.1 Å². The van der Waals surface area contributed by atoms with Crippen LogP contribution in [-0.2, 0) is 6.54 Å². The van der Waals surface area contributed by atoms with Gasteiger partial charge in [0, 0.05) is 35.8 Å². The Bertz CT molecular complexity index is 857. The number of hydrogen-bond acceptors (Lipinski definition) is 5. The lowest BCUT2D eigenvalue weighted by molar-refractivity contribution is 0.410. The maximum atomic E-state index is 12.6. The maximum Gasteiger partial charge on any atom is 0.293 e. The number of allylic oxidation sites excluding steroid dienone is 1. The number of anilines is 1. The average Bonchev–Trinajstić information content (AvgIpc) is 2.85. The fourth-order valence-corrected chi connectivity index (χ4v) is 5.85. The minimum absolute atomic E-state index is 0.156. The van der Waals surface area contributed by atoms with Gasteiger partial charge < -0.3 is 10.6 Å². The van der Waals surface area contributed by atoms with Crippen molar-refractivity contribution in [2.24, 2.45) is 11.7 Å². The smallest absolute Gasteiger partial charge is 0.293 e. The number of rotatable bonds is 5. The molecule has 1 aliphatic heterocycles. The SMILES string of the molecule is NC1C(CN(Cc2ccccc2)c2ccccnc2=O)SC2C=CCCC21. The van der Waals surface area contributed by atoms with Crippen molar-refractivity contribution in [3.8, 4) is 0 Å². The van der Waals surface area contributed by atoms with Gasteiger partial charge in [-0.05, 0) is 36.5 Å².